The monoisotopic (exact) mass is 149 g/mol. The Morgan fingerprint density at radius 3 is 2.64 bits per heavy atom. The van der Waals surface area contributed by atoms with Gasteiger partial charge in [0.25, 0.3) is 0 Å². The number of hydrogen-bond acceptors (Lipinski definition) is 3. The third-order valence-corrected chi connectivity index (χ3v) is 1.24. The number of nitro groups is 1. The van der Waals surface area contributed by atoms with Crippen molar-refractivity contribution < 1.29 is 10.0 Å². The molecule has 0 aromatic heterocycles. The van der Waals surface area contributed by atoms with Crippen molar-refractivity contribution in [3.05, 3.63) is 28.3 Å². The molecule has 0 saturated carbocycles. The van der Waals surface area contributed by atoms with Gasteiger partial charge in [-0.15, -0.1) is 0 Å². The highest BCUT2D eigenvalue weighted by Gasteiger charge is 2.12. The maximum Gasteiger partial charge on any atom is 0.310 e. The number of aromatic hydroxyl groups is 1. The molecule has 4 nitrogen and oxygen atoms in total. The first-order chi connectivity index (χ1) is 5.13. The van der Waals surface area contributed by atoms with E-state index in [1.165, 1.54) is 18.2 Å². The van der Waals surface area contributed by atoms with Crippen LogP contribution in [0.1, 0.15) is 0 Å². The first-order valence-electron chi connectivity index (χ1n) is 2.85. The Balaban J connectivity index is 3.27. The molecule has 0 heterocycles. The number of para-hydroxylation sites is 1. The van der Waals surface area contributed by atoms with Crippen LogP contribution in [0.4, 0.5) is 5.69 Å². The minimum absolute atomic E-state index is 0.0131. The van der Waals surface area contributed by atoms with Gasteiger partial charge in [-0.25, -0.2) is 0 Å². The van der Waals surface area contributed by atoms with Crippen molar-refractivity contribution in [1.82, 2.24) is 0 Å². The van der Waals surface area contributed by atoms with Crippen LogP contribution in [0.25, 0.3) is 0 Å². The maximum atomic E-state index is 10.2. The molecule has 0 spiro atoms. The molecule has 5 heteroatoms. The van der Waals surface area contributed by atoms with Gasteiger partial charge in [-0.05, 0) is 5.46 Å². The van der Waals surface area contributed by atoms with E-state index >= 15 is 0 Å². The second-order valence-electron chi connectivity index (χ2n) is 1.97. The fraction of sp³-hybridized carbons (Fsp3) is 0. The molecule has 0 aliphatic carbocycles. The molecule has 11 heavy (non-hydrogen) atoms. The summed E-state index contributed by atoms with van der Waals surface area (Å²) in [4.78, 5) is 9.48. The van der Waals surface area contributed by atoms with Crippen molar-refractivity contribution >= 4 is 19.0 Å². The van der Waals surface area contributed by atoms with Crippen LogP contribution < -0.4 is 5.46 Å². The molecule has 0 atom stereocenters. The van der Waals surface area contributed by atoms with Gasteiger partial charge in [0.2, 0.25) is 0 Å². The lowest BCUT2D eigenvalue weighted by Crippen LogP contribution is -2.04. The third-order valence-electron chi connectivity index (χ3n) is 1.24. The van der Waals surface area contributed by atoms with Gasteiger partial charge in [-0.3, -0.25) is 10.1 Å². The second kappa shape index (κ2) is 2.61. The minimum atomic E-state index is -0.689. The zero-order valence-corrected chi connectivity index (χ0v) is 5.52. The van der Waals surface area contributed by atoms with Crippen LogP contribution in [0, 0.1) is 10.1 Å². The highest BCUT2D eigenvalue weighted by Crippen LogP contribution is 2.20. The summed E-state index contributed by atoms with van der Waals surface area (Å²) in [6.07, 6.45) is 0. The quantitative estimate of drug-likeness (QED) is 0.349. The van der Waals surface area contributed by atoms with E-state index in [4.69, 9.17) is 13.0 Å². The molecule has 0 aliphatic rings. The number of phenolic OH excluding ortho intramolecular Hbond substituents is 1. The number of nitro benzene ring substituents is 1. The molecule has 0 aliphatic heterocycles. The van der Waals surface area contributed by atoms with Crippen LogP contribution in [-0.4, -0.2) is 17.9 Å². The van der Waals surface area contributed by atoms with Crippen molar-refractivity contribution in [2.75, 3.05) is 0 Å². The average Bonchev–Trinajstić information content (AvgIpc) is 1.94. The smallest absolute Gasteiger partial charge is 0.310 e. The molecule has 1 N–H and O–H groups in total. The molecular weight excluding hydrogens is 145 g/mol. The molecule has 0 amide bonds. The topological polar surface area (TPSA) is 63.4 Å². The molecule has 0 bridgehead atoms. The predicted molar refractivity (Wildman–Crippen MR) is 40.1 cm³/mol. The molecule has 0 fully saturated rings. The summed E-state index contributed by atoms with van der Waals surface area (Å²) < 4.78 is 0. The summed E-state index contributed by atoms with van der Waals surface area (Å²) in [5, 5.41) is 19.2. The third kappa shape index (κ3) is 1.31. The largest absolute Gasteiger partial charge is 0.503 e. The van der Waals surface area contributed by atoms with E-state index in [0.29, 0.717) is 0 Å². The first kappa shape index (κ1) is 7.59. The highest BCUT2D eigenvalue weighted by molar-refractivity contribution is 6.34. The molecule has 1 aromatic carbocycles. The van der Waals surface area contributed by atoms with E-state index < -0.39 is 10.7 Å². The summed E-state index contributed by atoms with van der Waals surface area (Å²) in [6.45, 7) is 0. The molecular formula is C6H4BNO3. The van der Waals surface area contributed by atoms with Gasteiger partial charge in [-0.1, -0.05) is 12.1 Å². The standard InChI is InChI=1S/C6H4BNO3/c7-4-2-1-3-5(6(4)9)8(10)11/h1-3,9H. The summed E-state index contributed by atoms with van der Waals surface area (Å²) in [6, 6.07) is 3.99. The van der Waals surface area contributed by atoms with Gasteiger partial charge < -0.3 is 5.11 Å². The van der Waals surface area contributed by atoms with E-state index in [1.54, 1.807) is 0 Å². The fourth-order valence-corrected chi connectivity index (χ4v) is 0.696. The molecule has 54 valence electrons. The molecule has 0 unspecified atom stereocenters. The summed E-state index contributed by atoms with van der Waals surface area (Å²) in [7, 11) is 5.20. The van der Waals surface area contributed by atoms with Gasteiger partial charge >= 0.3 is 5.69 Å². The lowest BCUT2D eigenvalue weighted by atomic mass is 9.94. The van der Waals surface area contributed by atoms with E-state index in [-0.39, 0.29) is 11.2 Å². The summed E-state index contributed by atoms with van der Waals surface area (Å²) >= 11 is 0. The minimum Gasteiger partial charge on any atom is -0.503 e. The fourth-order valence-electron chi connectivity index (χ4n) is 0.696. The van der Waals surface area contributed by atoms with E-state index in [2.05, 4.69) is 0 Å². The predicted octanol–water partition coefficient (Wildman–Crippen LogP) is 0.0942. The van der Waals surface area contributed by atoms with Crippen LogP contribution in [0.3, 0.4) is 0 Å². The number of hydrogen-bond donors (Lipinski definition) is 1. The van der Waals surface area contributed by atoms with Crippen LogP contribution >= 0.6 is 0 Å². The number of nitrogens with zero attached hydrogens (tertiary/aromatic N) is 1. The lowest BCUT2D eigenvalue weighted by Gasteiger charge is -1.97. The van der Waals surface area contributed by atoms with Crippen molar-refractivity contribution in [3.8, 4) is 5.75 Å². The van der Waals surface area contributed by atoms with Crippen LogP contribution in [0.15, 0.2) is 18.2 Å². The Morgan fingerprint density at radius 1 is 1.55 bits per heavy atom. The molecule has 1 rings (SSSR count). The highest BCUT2D eigenvalue weighted by atomic mass is 16.6. The average molecular weight is 149 g/mol. The van der Waals surface area contributed by atoms with Gasteiger partial charge in [-0.2, -0.15) is 0 Å². The Kier molecular flexibility index (Phi) is 1.80. The van der Waals surface area contributed by atoms with Gasteiger partial charge in [0.15, 0.2) is 5.75 Å². The summed E-state index contributed by atoms with van der Waals surface area (Å²) in [5.41, 5.74) is -0.357. The van der Waals surface area contributed by atoms with E-state index in [9.17, 15) is 10.1 Å². The SMILES string of the molecule is [B]c1cccc([N+](=O)[O-])c1O. The second-order valence-corrected chi connectivity index (χ2v) is 1.97. The van der Waals surface area contributed by atoms with Crippen molar-refractivity contribution in [1.29, 1.82) is 0 Å². The van der Waals surface area contributed by atoms with Crippen LogP contribution in [-0.2, 0) is 0 Å². The summed E-state index contributed by atoms with van der Waals surface area (Å²) in [5.74, 6) is -0.475. The first-order valence-corrected chi connectivity index (χ1v) is 2.85. The number of benzene rings is 1. The normalized spacial score (nSPS) is 9.45. The Labute approximate surface area is 64.0 Å². The Hall–Kier alpha value is -1.52. The zero-order chi connectivity index (χ0) is 8.43. The van der Waals surface area contributed by atoms with Crippen LogP contribution in [0.5, 0.6) is 5.75 Å². The van der Waals surface area contributed by atoms with Crippen molar-refractivity contribution in [2.24, 2.45) is 0 Å². The molecule has 1 aromatic rings. The lowest BCUT2D eigenvalue weighted by molar-refractivity contribution is -0.385. The number of phenols is 1. The Morgan fingerprint density at radius 2 is 2.18 bits per heavy atom. The van der Waals surface area contributed by atoms with E-state index in [0.717, 1.165) is 0 Å². The van der Waals surface area contributed by atoms with Gasteiger partial charge in [0.1, 0.15) is 7.85 Å². The van der Waals surface area contributed by atoms with Gasteiger partial charge in [0.05, 0.1) is 4.92 Å². The van der Waals surface area contributed by atoms with Gasteiger partial charge in [0, 0.05) is 6.07 Å². The zero-order valence-electron chi connectivity index (χ0n) is 5.52. The maximum absolute atomic E-state index is 10.2. The number of rotatable bonds is 1. The van der Waals surface area contributed by atoms with Crippen LogP contribution in [0.2, 0.25) is 0 Å². The Bertz CT molecular complexity index is 300. The molecule has 2 radical (unpaired) electrons. The van der Waals surface area contributed by atoms with E-state index in [1.807, 2.05) is 0 Å². The van der Waals surface area contributed by atoms with Crippen molar-refractivity contribution in [3.63, 3.8) is 0 Å². The molecule has 0 saturated heterocycles. The van der Waals surface area contributed by atoms with Crippen molar-refractivity contribution in [2.45, 2.75) is 0 Å².